The van der Waals surface area contributed by atoms with Crippen LogP contribution in [0.25, 0.3) is 0 Å². The minimum Gasteiger partial charge on any atom is -0.394 e. The smallest absolute Gasteiger partial charge is 0.220 e. The molecule has 0 saturated heterocycles. The van der Waals surface area contributed by atoms with E-state index in [9.17, 15) is 30.3 Å². The van der Waals surface area contributed by atoms with Crippen molar-refractivity contribution in [2.45, 2.75) is 63.3 Å². The van der Waals surface area contributed by atoms with Crippen molar-refractivity contribution in [3.05, 3.63) is 0 Å². The summed E-state index contributed by atoms with van der Waals surface area (Å²) in [5.74, 6) is -0.336. The van der Waals surface area contributed by atoms with E-state index in [1.807, 2.05) is 0 Å². The third kappa shape index (κ3) is 8.02. The van der Waals surface area contributed by atoms with E-state index in [4.69, 9.17) is 9.84 Å². The number of rotatable bonds is 12. The average Bonchev–Trinajstić information content (AvgIpc) is 2.57. The fourth-order valence-corrected chi connectivity index (χ4v) is 1.82. The van der Waals surface area contributed by atoms with Crippen LogP contribution in [0, 0.1) is 0 Å². The van der Waals surface area contributed by atoms with Crippen LogP contribution >= 0.6 is 0 Å². The van der Waals surface area contributed by atoms with E-state index in [0.29, 0.717) is 0 Å². The molecule has 0 aromatic carbocycles. The molecule has 9 nitrogen and oxygen atoms in total. The Labute approximate surface area is 135 Å². The van der Waals surface area contributed by atoms with E-state index in [-0.39, 0.29) is 32.0 Å². The molecule has 0 spiro atoms. The van der Waals surface area contributed by atoms with Crippen molar-refractivity contribution in [1.82, 2.24) is 5.32 Å². The minimum atomic E-state index is -1.59. The molecule has 23 heavy (non-hydrogen) atoms. The minimum absolute atomic E-state index is 0.190. The van der Waals surface area contributed by atoms with Gasteiger partial charge in [-0.3, -0.25) is 4.79 Å². The zero-order valence-electron chi connectivity index (χ0n) is 13.5. The summed E-state index contributed by atoms with van der Waals surface area (Å²) in [7, 11) is 0. The Balaban J connectivity index is 4.51. The number of aliphatic hydroxyl groups is 6. The van der Waals surface area contributed by atoms with Crippen LogP contribution in [-0.4, -0.2) is 92.9 Å². The molecule has 0 aliphatic rings. The van der Waals surface area contributed by atoms with E-state index >= 15 is 0 Å². The lowest BCUT2D eigenvalue weighted by atomic mass is 10.0. The first-order valence-corrected chi connectivity index (χ1v) is 7.66. The molecule has 0 aliphatic heterocycles. The molecular formula is C14H29NO8. The molecule has 9 heteroatoms. The summed E-state index contributed by atoms with van der Waals surface area (Å²) in [5.41, 5.74) is 0. The number of carbonyl (C=O) groups excluding carboxylic acids is 1. The predicted octanol–water partition coefficient (Wildman–Crippen LogP) is -2.90. The molecule has 0 saturated carbocycles. The predicted molar refractivity (Wildman–Crippen MR) is 80.5 cm³/mol. The normalized spacial score (nSPS) is 19.5. The fraction of sp³-hybridized carbons (Fsp3) is 0.929. The summed E-state index contributed by atoms with van der Waals surface area (Å²) < 4.78 is 5.15. The van der Waals surface area contributed by atoms with Gasteiger partial charge < -0.3 is 40.7 Å². The SMILES string of the molecule is CCC(=O)NC(COCC(O)C(O)C(O)CO)C(O)C(O)CC. The van der Waals surface area contributed by atoms with E-state index in [2.05, 4.69) is 5.32 Å². The van der Waals surface area contributed by atoms with Gasteiger partial charge in [-0.1, -0.05) is 13.8 Å². The highest BCUT2D eigenvalue weighted by atomic mass is 16.5. The highest BCUT2D eigenvalue weighted by molar-refractivity contribution is 5.75. The zero-order valence-corrected chi connectivity index (χ0v) is 13.5. The van der Waals surface area contributed by atoms with Crippen LogP contribution in [0.15, 0.2) is 0 Å². The molecule has 0 aromatic rings. The maximum Gasteiger partial charge on any atom is 0.220 e. The Kier molecular flexibility index (Phi) is 11.3. The first-order chi connectivity index (χ1) is 10.8. The molecule has 0 radical (unpaired) electrons. The second-order valence-corrected chi connectivity index (χ2v) is 5.34. The van der Waals surface area contributed by atoms with Crippen molar-refractivity contribution in [1.29, 1.82) is 0 Å². The molecule has 0 bridgehead atoms. The van der Waals surface area contributed by atoms with E-state index in [0.717, 1.165) is 0 Å². The van der Waals surface area contributed by atoms with Gasteiger partial charge in [0.25, 0.3) is 0 Å². The van der Waals surface area contributed by atoms with Gasteiger partial charge in [0.2, 0.25) is 5.91 Å². The van der Waals surface area contributed by atoms with Crippen LogP contribution < -0.4 is 5.32 Å². The quantitative estimate of drug-likeness (QED) is 0.199. The fourth-order valence-electron chi connectivity index (χ4n) is 1.82. The summed E-state index contributed by atoms with van der Waals surface area (Å²) >= 11 is 0. The maximum absolute atomic E-state index is 11.5. The van der Waals surface area contributed by atoms with E-state index in [1.54, 1.807) is 13.8 Å². The van der Waals surface area contributed by atoms with Crippen molar-refractivity contribution in [3.8, 4) is 0 Å². The van der Waals surface area contributed by atoms with Crippen LogP contribution in [-0.2, 0) is 9.53 Å². The van der Waals surface area contributed by atoms with Gasteiger partial charge in [-0.2, -0.15) is 0 Å². The monoisotopic (exact) mass is 339 g/mol. The van der Waals surface area contributed by atoms with Crippen molar-refractivity contribution in [3.63, 3.8) is 0 Å². The van der Waals surface area contributed by atoms with Crippen LogP contribution in [0.1, 0.15) is 26.7 Å². The second kappa shape index (κ2) is 11.7. The third-order valence-electron chi connectivity index (χ3n) is 3.45. The number of hydrogen-bond acceptors (Lipinski definition) is 8. The van der Waals surface area contributed by atoms with Gasteiger partial charge >= 0.3 is 0 Å². The standard InChI is InChI=1S/C14H29NO8/c1-3-9(17)13(21)8(15-12(20)4-2)6-23-7-11(19)14(22)10(18)5-16/h8-11,13-14,16-19,21-22H,3-7H2,1-2H3,(H,15,20). The molecule has 0 fully saturated rings. The maximum atomic E-state index is 11.5. The molecule has 0 rings (SSSR count). The van der Waals surface area contributed by atoms with Gasteiger partial charge in [0, 0.05) is 6.42 Å². The van der Waals surface area contributed by atoms with Gasteiger partial charge in [-0.25, -0.2) is 0 Å². The summed E-state index contributed by atoms with van der Waals surface area (Å²) in [6.07, 6.45) is -6.37. The third-order valence-corrected chi connectivity index (χ3v) is 3.45. The van der Waals surface area contributed by atoms with E-state index < -0.39 is 43.2 Å². The summed E-state index contributed by atoms with van der Waals surface area (Å²) in [4.78, 5) is 11.5. The van der Waals surface area contributed by atoms with Crippen molar-refractivity contribution < 1.29 is 40.2 Å². The molecule has 7 N–H and O–H groups in total. The van der Waals surface area contributed by atoms with Crippen LogP contribution in [0.2, 0.25) is 0 Å². The van der Waals surface area contributed by atoms with Crippen molar-refractivity contribution in [2.24, 2.45) is 0 Å². The molecule has 138 valence electrons. The number of amides is 1. The number of nitrogens with one attached hydrogen (secondary N) is 1. The second-order valence-electron chi connectivity index (χ2n) is 5.34. The first kappa shape index (κ1) is 22.2. The highest BCUT2D eigenvalue weighted by Crippen LogP contribution is 2.07. The zero-order chi connectivity index (χ0) is 18.0. The number of ether oxygens (including phenoxy) is 1. The van der Waals surface area contributed by atoms with E-state index in [1.165, 1.54) is 0 Å². The van der Waals surface area contributed by atoms with Crippen LogP contribution in [0.4, 0.5) is 0 Å². The Morgan fingerprint density at radius 1 is 0.957 bits per heavy atom. The molecule has 6 unspecified atom stereocenters. The van der Waals surface area contributed by atoms with Crippen LogP contribution in [0.5, 0.6) is 0 Å². The average molecular weight is 339 g/mol. The Morgan fingerprint density at radius 3 is 2.04 bits per heavy atom. The summed E-state index contributed by atoms with van der Waals surface area (Å²) in [6.45, 7) is 2.00. The van der Waals surface area contributed by atoms with Gasteiger partial charge in [-0.05, 0) is 6.42 Å². The molecule has 0 aromatic heterocycles. The van der Waals surface area contributed by atoms with Crippen LogP contribution in [0.3, 0.4) is 0 Å². The van der Waals surface area contributed by atoms with Gasteiger partial charge in [0.1, 0.15) is 24.4 Å². The number of carbonyl (C=O) groups is 1. The molecule has 1 amide bonds. The molecule has 0 aliphatic carbocycles. The van der Waals surface area contributed by atoms with Gasteiger partial charge in [0.15, 0.2) is 0 Å². The van der Waals surface area contributed by atoms with Gasteiger partial charge in [0.05, 0.1) is 32.0 Å². The lowest BCUT2D eigenvalue weighted by Crippen LogP contribution is -2.51. The highest BCUT2D eigenvalue weighted by Gasteiger charge is 2.28. The molecular weight excluding hydrogens is 310 g/mol. The Hall–Kier alpha value is -0.810. The van der Waals surface area contributed by atoms with Gasteiger partial charge in [-0.15, -0.1) is 0 Å². The number of aliphatic hydroxyl groups excluding tert-OH is 6. The topological polar surface area (TPSA) is 160 Å². The molecule has 6 atom stereocenters. The Bertz CT molecular complexity index is 330. The summed E-state index contributed by atoms with van der Waals surface area (Å²) in [6, 6.07) is -0.885. The first-order valence-electron chi connectivity index (χ1n) is 7.66. The van der Waals surface area contributed by atoms with Crippen molar-refractivity contribution >= 4 is 5.91 Å². The molecule has 0 heterocycles. The number of hydrogen-bond donors (Lipinski definition) is 7. The largest absolute Gasteiger partial charge is 0.394 e. The lowest BCUT2D eigenvalue weighted by Gasteiger charge is -2.28. The summed E-state index contributed by atoms with van der Waals surface area (Å²) in [5, 5.41) is 59.1. The lowest BCUT2D eigenvalue weighted by molar-refractivity contribution is -0.126. The van der Waals surface area contributed by atoms with Crippen molar-refractivity contribution in [2.75, 3.05) is 19.8 Å². The Morgan fingerprint density at radius 2 is 1.57 bits per heavy atom.